The summed E-state index contributed by atoms with van der Waals surface area (Å²) >= 11 is 0.502. The second-order valence-electron chi connectivity index (χ2n) is 5.41. The molecule has 0 fully saturated rings. The van der Waals surface area contributed by atoms with Crippen LogP contribution in [0, 0.1) is 0 Å². The van der Waals surface area contributed by atoms with Crippen LogP contribution in [0.25, 0.3) is 0 Å². The number of carbonyl (C=O) groups is 2. The van der Waals surface area contributed by atoms with Crippen LogP contribution in [0.5, 0.6) is 5.75 Å². The van der Waals surface area contributed by atoms with Gasteiger partial charge in [-0.3, -0.25) is 0 Å². The fraction of sp³-hybridized carbons (Fsp3) is 0.333. The lowest BCUT2D eigenvalue weighted by molar-refractivity contribution is -0.148. The molecule has 1 aliphatic heterocycles. The summed E-state index contributed by atoms with van der Waals surface area (Å²) in [5.74, 6) is -2.09. The first-order chi connectivity index (χ1) is 13.2. The molecule has 2 rings (SSSR count). The fourth-order valence-electron chi connectivity index (χ4n) is 2.55. The Morgan fingerprint density at radius 1 is 1.18 bits per heavy atom. The Morgan fingerprint density at radius 3 is 2.36 bits per heavy atom. The molecule has 1 heterocycles. The summed E-state index contributed by atoms with van der Waals surface area (Å²) in [6.07, 6.45) is -5.01. The number of anilines is 1. The molecule has 0 bridgehead atoms. The van der Waals surface area contributed by atoms with Crippen LogP contribution in [0.1, 0.15) is 13.8 Å². The van der Waals surface area contributed by atoms with Crippen molar-refractivity contribution in [1.82, 2.24) is 0 Å². The van der Waals surface area contributed by atoms with E-state index in [4.69, 9.17) is 9.47 Å². The topological polar surface area (TPSA) is 65.1 Å². The smallest absolute Gasteiger partial charge is 0.425 e. The minimum Gasteiger partial charge on any atom is -0.495 e. The minimum atomic E-state index is -5.01. The number of allylic oxidation sites excluding steroid dienone is 1. The number of nitrogens with zero attached hydrogens (tertiary/aromatic N) is 1. The number of benzene rings is 1. The molecule has 0 N–H and O–H groups in total. The number of carbonyl (C=O) groups excluding carboxylic acids is 2. The van der Waals surface area contributed by atoms with E-state index in [0.717, 1.165) is 12.0 Å². The Labute approximate surface area is 163 Å². The SMILES string of the molecule is CCOC(=O)C1=C(C)N(c2ccccc2OC)/C(=C(\C(=O)OC)C(F)(F)F)S1. The lowest BCUT2D eigenvalue weighted by Gasteiger charge is -2.25. The van der Waals surface area contributed by atoms with E-state index in [-0.39, 0.29) is 28.6 Å². The van der Waals surface area contributed by atoms with Gasteiger partial charge in [0.25, 0.3) is 0 Å². The van der Waals surface area contributed by atoms with E-state index in [1.54, 1.807) is 25.1 Å². The summed E-state index contributed by atoms with van der Waals surface area (Å²) in [5.41, 5.74) is -1.12. The number of methoxy groups -OCH3 is 2. The molecule has 0 unspecified atom stereocenters. The fourth-order valence-corrected chi connectivity index (χ4v) is 3.75. The molecular weight excluding hydrogens is 399 g/mol. The van der Waals surface area contributed by atoms with Gasteiger partial charge in [-0.1, -0.05) is 23.9 Å². The van der Waals surface area contributed by atoms with Gasteiger partial charge in [0, 0.05) is 5.70 Å². The first-order valence-corrected chi connectivity index (χ1v) is 8.87. The molecule has 10 heteroatoms. The first kappa shape index (κ1) is 21.7. The molecule has 0 aromatic heterocycles. The summed E-state index contributed by atoms with van der Waals surface area (Å²) in [6, 6.07) is 6.31. The van der Waals surface area contributed by atoms with Crippen molar-refractivity contribution in [2.75, 3.05) is 25.7 Å². The van der Waals surface area contributed by atoms with Crippen LogP contribution in [0.3, 0.4) is 0 Å². The molecule has 0 amide bonds. The lowest BCUT2D eigenvalue weighted by Crippen LogP contribution is -2.28. The maximum absolute atomic E-state index is 13.7. The molecule has 0 atom stereocenters. The minimum absolute atomic E-state index is 0.0486. The third-order valence-electron chi connectivity index (χ3n) is 3.74. The summed E-state index contributed by atoms with van der Waals surface area (Å²) in [5, 5.41) is -0.510. The van der Waals surface area contributed by atoms with Gasteiger partial charge >= 0.3 is 18.1 Å². The standard InChI is InChI=1S/C18H18F3NO5S/c1-5-27-17(24)14-10(2)22(11-8-6-7-9-12(11)25-3)15(28-14)13(16(23)26-4)18(19,20)21/h6-9H,5H2,1-4H3/b15-13-. The van der Waals surface area contributed by atoms with Crippen molar-refractivity contribution in [3.05, 3.63) is 45.5 Å². The number of halogens is 3. The highest BCUT2D eigenvalue weighted by Crippen LogP contribution is 2.50. The van der Waals surface area contributed by atoms with Crippen molar-refractivity contribution in [2.24, 2.45) is 0 Å². The number of ether oxygens (including phenoxy) is 3. The Morgan fingerprint density at radius 2 is 1.82 bits per heavy atom. The summed E-state index contributed by atoms with van der Waals surface area (Å²) in [4.78, 5) is 25.3. The number of hydrogen-bond donors (Lipinski definition) is 0. The van der Waals surface area contributed by atoms with E-state index in [2.05, 4.69) is 4.74 Å². The van der Waals surface area contributed by atoms with E-state index in [9.17, 15) is 22.8 Å². The molecule has 6 nitrogen and oxygen atoms in total. The number of rotatable bonds is 5. The largest absolute Gasteiger partial charge is 0.495 e. The van der Waals surface area contributed by atoms with Gasteiger partial charge in [0.05, 0.1) is 26.5 Å². The van der Waals surface area contributed by atoms with Crippen LogP contribution >= 0.6 is 11.8 Å². The molecule has 0 saturated heterocycles. The van der Waals surface area contributed by atoms with E-state index in [1.165, 1.54) is 20.1 Å². The maximum Gasteiger partial charge on any atom is 0.425 e. The van der Waals surface area contributed by atoms with E-state index in [0.29, 0.717) is 11.8 Å². The molecule has 1 aliphatic rings. The quantitative estimate of drug-likeness (QED) is 0.530. The van der Waals surface area contributed by atoms with Crippen LogP contribution in [0.4, 0.5) is 18.9 Å². The Hall–Kier alpha value is -2.62. The number of alkyl halides is 3. The highest BCUT2D eigenvalue weighted by Gasteiger charge is 2.47. The van der Waals surface area contributed by atoms with E-state index >= 15 is 0 Å². The molecule has 0 spiro atoms. The van der Waals surface area contributed by atoms with Crippen molar-refractivity contribution in [3.63, 3.8) is 0 Å². The van der Waals surface area contributed by atoms with Gasteiger partial charge in [-0.25, -0.2) is 9.59 Å². The monoisotopic (exact) mass is 417 g/mol. The van der Waals surface area contributed by atoms with Gasteiger partial charge in [0.1, 0.15) is 15.7 Å². The second-order valence-corrected chi connectivity index (χ2v) is 6.41. The number of thioether (sulfide) groups is 1. The second kappa shape index (κ2) is 8.59. The van der Waals surface area contributed by atoms with Crippen LogP contribution in [-0.2, 0) is 19.1 Å². The predicted molar refractivity (Wildman–Crippen MR) is 97.5 cm³/mol. The zero-order valence-electron chi connectivity index (χ0n) is 15.5. The normalized spacial score (nSPS) is 16.2. The maximum atomic E-state index is 13.7. The number of esters is 2. The molecule has 0 radical (unpaired) electrons. The van der Waals surface area contributed by atoms with Crippen LogP contribution < -0.4 is 9.64 Å². The zero-order valence-corrected chi connectivity index (χ0v) is 16.4. The average Bonchev–Trinajstić information content (AvgIpc) is 2.97. The third-order valence-corrected chi connectivity index (χ3v) is 4.99. The van der Waals surface area contributed by atoms with Gasteiger partial charge in [0.15, 0.2) is 5.57 Å². The van der Waals surface area contributed by atoms with Crippen LogP contribution in [0.2, 0.25) is 0 Å². The highest BCUT2D eigenvalue weighted by molar-refractivity contribution is 8.08. The molecule has 1 aromatic carbocycles. The number of hydrogen-bond acceptors (Lipinski definition) is 7. The Balaban J connectivity index is 2.79. The van der Waals surface area contributed by atoms with Crippen molar-refractivity contribution >= 4 is 29.4 Å². The van der Waals surface area contributed by atoms with Gasteiger partial charge in [-0.2, -0.15) is 13.2 Å². The molecule has 152 valence electrons. The van der Waals surface area contributed by atoms with Gasteiger partial charge in [0.2, 0.25) is 0 Å². The Kier molecular flexibility index (Phi) is 6.65. The molecule has 0 saturated carbocycles. The molecule has 0 aliphatic carbocycles. The van der Waals surface area contributed by atoms with E-state index < -0.39 is 28.7 Å². The Bertz CT molecular complexity index is 848. The third kappa shape index (κ3) is 4.11. The van der Waals surface area contributed by atoms with Crippen LogP contribution in [-0.4, -0.2) is 38.9 Å². The van der Waals surface area contributed by atoms with Gasteiger partial charge < -0.3 is 19.1 Å². The highest BCUT2D eigenvalue weighted by atomic mass is 32.2. The van der Waals surface area contributed by atoms with Crippen molar-refractivity contribution in [2.45, 2.75) is 20.0 Å². The summed E-state index contributed by atoms with van der Waals surface area (Å²) in [7, 11) is 2.22. The average molecular weight is 417 g/mol. The van der Waals surface area contributed by atoms with Crippen molar-refractivity contribution < 1.29 is 37.0 Å². The van der Waals surface area contributed by atoms with Crippen LogP contribution in [0.15, 0.2) is 45.5 Å². The zero-order chi connectivity index (χ0) is 21.1. The van der Waals surface area contributed by atoms with E-state index in [1.807, 2.05) is 0 Å². The summed E-state index contributed by atoms with van der Waals surface area (Å²) < 4.78 is 55.7. The molecule has 28 heavy (non-hydrogen) atoms. The lowest BCUT2D eigenvalue weighted by atomic mass is 10.2. The van der Waals surface area contributed by atoms with Gasteiger partial charge in [-0.15, -0.1) is 0 Å². The van der Waals surface area contributed by atoms with Gasteiger partial charge in [-0.05, 0) is 26.0 Å². The molecule has 1 aromatic rings. The first-order valence-electron chi connectivity index (χ1n) is 8.06. The summed E-state index contributed by atoms with van der Waals surface area (Å²) in [6.45, 7) is 3.09. The van der Waals surface area contributed by atoms with Crippen molar-refractivity contribution in [3.8, 4) is 5.75 Å². The molecular formula is C18H18F3NO5S. The predicted octanol–water partition coefficient (Wildman–Crippen LogP) is 3.99. The number of para-hydroxylation sites is 2. The van der Waals surface area contributed by atoms with Crippen molar-refractivity contribution in [1.29, 1.82) is 0 Å².